The van der Waals surface area contributed by atoms with Crippen LogP contribution in [-0.2, 0) is 11.2 Å². The maximum absolute atomic E-state index is 11.7. The molecule has 0 fully saturated rings. The zero-order valence-corrected chi connectivity index (χ0v) is 12.2. The molecule has 3 amide bonds. The first-order valence-electron chi connectivity index (χ1n) is 5.75. The van der Waals surface area contributed by atoms with Gasteiger partial charge in [0.05, 0.1) is 6.42 Å². The number of nitrogens with one attached hydrogen (secondary N) is 3. The molecule has 0 atom stereocenters. The van der Waals surface area contributed by atoms with Crippen LogP contribution in [-0.4, -0.2) is 22.1 Å². The van der Waals surface area contributed by atoms with Crippen molar-refractivity contribution in [3.05, 3.63) is 39.3 Å². The van der Waals surface area contributed by atoms with Gasteiger partial charge in [-0.3, -0.25) is 20.5 Å². The molecule has 3 N–H and O–H groups in total. The van der Waals surface area contributed by atoms with Gasteiger partial charge < -0.3 is 0 Å². The SMILES string of the molecule is Cc1ccc(CC(=O)NC(=O)Nc2n[nH]c(=S)s2)cc1. The Kier molecular flexibility index (Phi) is 4.59. The number of H-pyrrole nitrogens is 1. The van der Waals surface area contributed by atoms with Gasteiger partial charge in [0.1, 0.15) is 0 Å². The lowest BCUT2D eigenvalue weighted by atomic mass is 10.1. The van der Waals surface area contributed by atoms with Crippen molar-refractivity contribution in [3.8, 4) is 0 Å². The number of benzene rings is 1. The number of hydrogen-bond acceptors (Lipinski definition) is 5. The number of aryl methyl sites for hydroxylation is 1. The molecular formula is C12H12N4O2S2. The highest BCUT2D eigenvalue weighted by Crippen LogP contribution is 2.10. The third-order valence-corrected chi connectivity index (χ3v) is 3.40. The average molecular weight is 308 g/mol. The first-order chi connectivity index (χ1) is 9.52. The second-order valence-electron chi connectivity index (χ2n) is 4.08. The van der Waals surface area contributed by atoms with Crippen LogP contribution in [0.4, 0.5) is 9.93 Å². The fraction of sp³-hybridized carbons (Fsp3) is 0.167. The second kappa shape index (κ2) is 6.40. The molecule has 0 aliphatic heterocycles. The highest BCUT2D eigenvalue weighted by atomic mass is 32.1. The Bertz CT molecular complexity index is 675. The molecule has 20 heavy (non-hydrogen) atoms. The van der Waals surface area contributed by atoms with E-state index in [1.54, 1.807) is 0 Å². The quantitative estimate of drug-likeness (QED) is 0.760. The molecule has 1 aromatic carbocycles. The Balaban J connectivity index is 1.86. The Morgan fingerprint density at radius 2 is 2.05 bits per heavy atom. The summed E-state index contributed by atoms with van der Waals surface area (Å²) in [5, 5.41) is 11.3. The van der Waals surface area contributed by atoms with Crippen LogP contribution in [0.2, 0.25) is 0 Å². The topological polar surface area (TPSA) is 86.9 Å². The molecule has 1 heterocycles. The lowest BCUT2D eigenvalue weighted by Crippen LogP contribution is -2.35. The molecule has 0 aliphatic carbocycles. The van der Waals surface area contributed by atoms with Crippen molar-refractivity contribution in [3.63, 3.8) is 0 Å². The number of amides is 3. The van der Waals surface area contributed by atoms with Crippen molar-refractivity contribution < 1.29 is 9.59 Å². The van der Waals surface area contributed by atoms with E-state index in [9.17, 15) is 9.59 Å². The Morgan fingerprint density at radius 1 is 1.35 bits per heavy atom. The first-order valence-corrected chi connectivity index (χ1v) is 6.97. The number of nitrogens with zero attached hydrogens (tertiary/aromatic N) is 1. The summed E-state index contributed by atoms with van der Waals surface area (Å²) in [5.41, 5.74) is 1.96. The van der Waals surface area contributed by atoms with Gasteiger partial charge in [-0.05, 0) is 24.7 Å². The summed E-state index contributed by atoms with van der Waals surface area (Å²) in [4.78, 5) is 23.2. The molecule has 0 radical (unpaired) electrons. The number of aromatic amines is 1. The van der Waals surface area contributed by atoms with E-state index in [1.807, 2.05) is 31.2 Å². The minimum absolute atomic E-state index is 0.143. The normalized spacial score (nSPS) is 10.1. The second-order valence-corrected chi connectivity index (χ2v) is 5.75. The molecule has 8 heteroatoms. The van der Waals surface area contributed by atoms with Crippen LogP contribution < -0.4 is 10.6 Å². The lowest BCUT2D eigenvalue weighted by molar-refractivity contribution is -0.119. The Morgan fingerprint density at radius 3 is 2.65 bits per heavy atom. The third kappa shape index (κ3) is 4.25. The minimum Gasteiger partial charge on any atom is -0.282 e. The summed E-state index contributed by atoms with van der Waals surface area (Å²) in [7, 11) is 0. The van der Waals surface area contributed by atoms with Gasteiger partial charge in [-0.25, -0.2) is 4.79 Å². The summed E-state index contributed by atoms with van der Waals surface area (Å²) >= 11 is 5.95. The van der Waals surface area contributed by atoms with Crippen LogP contribution in [0.3, 0.4) is 0 Å². The monoisotopic (exact) mass is 308 g/mol. The van der Waals surface area contributed by atoms with E-state index in [4.69, 9.17) is 12.2 Å². The van der Waals surface area contributed by atoms with Crippen LogP contribution in [0, 0.1) is 10.9 Å². The summed E-state index contributed by atoms with van der Waals surface area (Å²) in [5.74, 6) is -0.384. The van der Waals surface area contributed by atoms with Crippen LogP contribution in [0.1, 0.15) is 11.1 Å². The Hall–Kier alpha value is -2.06. The van der Waals surface area contributed by atoms with Gasteiger partial charge in [0.15, 0.2) is 3.95 Å². The summed E-state index contributed by atoms with van der Waals surface area (Å²) in [6.07, 6.45) is 0.143. The van der Waals surface area contributed by atoms with E-state index < -0.39 is 6.03 Å². The van der Waals surface area contributed by atoms with Gasteiger partial charge in [0.25, 0.3) is 0 Å². The minimum atomic E-state index is -0.625. The number of aromatic nitrogens is 2. The largest absolute Gasteiger partial charge is 0.327 e. The van der Waals surface area contributed by atoms with Gasteiger partial charge in [0, 0.05) is 0 Å². The van der Waals surface area contributed by atoms with Crippen LogP contribution >= 0.6 is 23.6 Å². The fourth-order valence-electron chi connectivity index (χ4n) is 1.47. The molecule has 104 valence electrons. The molecule has 0 saturated carbocycles. The van der Waals surface area contributed by atoms with Crippen molar-refractivity contribution in [1.82, 2.24) is 15.5 Å². The number of rotatable bonds is 3. The summed E-state index contributed by atoms with van der Waals surface area (Å²) < 4.78 is 0.450. The van der Waals surface area contributed by atoms with Crippen molar-refractivity contribution >= 4 is 40.6 Å². The van der Waals surface area contributed by atoms with E-state index in [0.717, 1.165) is 22.5 Å². The van der Waals surface area contributed by atoms with Crippen molar-refractivity contribution in [1.29, 1.82) is 0 Å². The van der Waals surface area contributed by atoms with Crippen LogP contribution in [0.25, 0.3) is 0 Å². The van der Waals surface area contributed by atoms with Gasteiger partial charge >= 0.3 is 6.03 Å². The number of imide groups is 1. The summed E-state index contributed by atoms with van der Waals surface area (Å²) in [6.45, 7) is 1.97. The van der Waals surface area contributed by atoms with Gasteiger partial charge in [-0.2, -0.15) is 0 Å². The molecule has 6 nitrogen and oxygen atoms in total. The summed E-state index contributed by atoms with van der Waals surface area (Å²) in [6, 6.07) is 6.91. The number of anilines is 1. The molecule has 1 aromatic heterocycles. The predicted octanol–water partition coefficient (Wildman–Crippen LogP) is 2.40. The highest BCUT2D eigenvalue weighted by Gasteiger charge is 2.10. The molecule has 0 unspecified atom stereocenters. The van der Waals surface area contributed by atoms with E-state index in [0.29, 0.717) is 9.09 Å². The van der Waals surface area contributed by atoms with Gasteiger partial charge in [-0.1, -0.05) is 41.2 Å². The molecular weight excluding hydrogens is 296 g/mol. The van der Waals surface area contributed by atoms with Crippen LogP contribution in [0.15, 0.2) is 24.3 Å². The molecule has 0 aliphatic rings. The van der Waals surface area contributed by atoms with E-state index in [2.05, 4.69) is 20.8 Å². The molecule has 2 aromatic rings. The zero-order chi connectivity index (χ0) is 14.5. The maximum Gasteiger partial charge on any atom is 0.327 e. The molecule has 0 saturated heterocycles. The number of carbonyl (C=O) groups is 2. The van der Waals surface area contributed by atoms with E-state index >= 15 is 0 Å². The standard InChI is InChI=1S/C12H12N4O2S2/c1-7-2-4-8(5-3-7)6-9(17)13-10(18)14-11-15-16-12(19)20-11/h2-5H,6H2,1H3,(H,16,19)(H2,13,14,15,17,18). The number of hydrogen-bond donors (Lipinski definition) is 3. The van der Waals surface area contributed by atoms with E-state index in [1.165, 1.54) is 0 Å². The average Bonchev–Trinajstić information content (AvgIpc) is 2.77. The Labute approximate surface area is 124 Å². The van der Waals surface area contributed by atoms with Gasteiger partial charge in [0.2, 0.25) is 11.0 Å². The van der Waals surface area contributed by atoms with Gasteiger partial charge in [-0.15, -0.1) is 5.10 Å². The zero-order valence-electron chi connectivity index (χ0n) is 10.6. The predicted molar refractivity (Wildman–Crippen MR) is 79.3 cm³/mol. The molecule has 2 rings (SSSR count). The first kappa shape index (κ1) is 14.4. The van der Waals surface area contributed by atoms with E-state index in [-0.39, 0.29) is 12.3 Å². The lowest BCUT2D eigenvalue weighted by Gasteiger charge is -2.04. The van der Waals surface area contributed by atoms with Crippen molar-refractivity contribution in [2.45, 2.75) is 13.3 Å². The highest BCUT2D eigenvalue weighted by molar-refractivity contribution is 7.73. The number of urea groups is 1. The van der Waals surface area contributed by atoms with Crippen LogP contribution in [0.5, 0.6) is 0 Å². The smallest absolute Gasteiger partial charge is 0.282 e. The molecule has 0 spiro atoms. The van der Waals surface area contributed by atoms with Crippen molar-refractivity contribution in [2.24, 2.45) is 0 Å². The molecule has 0 bridgehead atoms. The fourth-order valence-corrected chi connectivity index (χ4v) is 2.26. The van der Waals surface area contributed by atoms with Crippen molar-refractivity contribution in [2.75, 3.05) is 5.32 Å². The third-order valence-electron chi connectivity index (χ3n) is 2.40. The maximum atomic E-state index is 11.7. The number of carbonyl (C=O) groups excluding carboxylic acids is 2.